The Morgan fingerprint density at radius 1 is 1.00 bits per heavy atom. The molecule has 0 radical (unpaired) electrons. The van der Waals surface area contributed by atoms with Crippen LogP contribution in [-0.2, 0) is 14.8 Å². The van der Waals surface area contributed by atoms with Gasteiger partial charge in [-0.3, -0.25) is 9.69 Å². The van der Waals surface area contributed by atoms with Crippen LogP contribution in [0.2, 0.25) is 0 Å². The van der Waals surface area contributed by atoms with Crippen LogP contribution in [0.1, 0.15) is 6.42 Å². The van der Waals surface area contributed by atoms with E-state index in [0.717, 1.165) is 21.8 Å². The van der Waals surface area contributed by atoms with E-state index in [4.69, 9.17) is 4.74 Å². The van der Waals surface area contributed by atoms with Gasteiger partial charge in [-0.25, -0.2) is 13.2 Å². The van der Waals surface area contributed by atoms with Gasteiger partial charge in [-0.15, -0.1) is 0 Å². The summed E-state index contributed by atoms with van der Waals surface area (Å²) in [5.41, 5.74) is 1.85. The molecule has 0 aromatic heterocycles. The molecule has 4 rings (SSSR count). The van der Waals surface area contributed by atoms with Gasteiger partial charge in [-0.05, 0) is 41.8 Å². The Kier molecular flexibility index (Phi) is 5.01. The first-order valence-electron chi connectivity index (χ1n) is 9.24. The summed E-state index contributed by atoms with van der Waals surface area (Å²) < 4.78 is 32.5. The van der Waals surface area contributed by atoms with E-state index in [0.29, 0.717) is 6.42 Å². The molecule has 2 aromatic carbocycles. The number of rotatable bonds is 5. The van der Waals surface area contributed by atoms with Crippen molar-refractivity contribution in [3.05, 3.63) is 48.5 Å². The lowest BCUT2D eigenvalue weighted by Crippen LogP contribution is -2.42. The normalized spacial score (nSPS) is 20.2. The highest BCUT2D eigenvalue weighted by molar-refractivity contribution is 7.89. The maximum atomic E-state index is 13.0. The molecule has 8 nitrogen and oxygen atoms in total. The van der Waals surface area contributed by atoms with E-state index in [1.54, 1.807) is 31.4 Å². The average Bonchev–Trinajstić information content (AvgIpc) is 3.35. The second kappa shape index (κ2) is 7.49. The van der Waals surface area contributed by atoms with Crippen molar-refractivity contribution >= 4 is 22.0 Å². The number of methoxy groups -OCH3 is 1. The summed E-state index contributed by atoms with van der Waals surface area (Å²) >= 11 is 0. The number of hydrogen-bond acceptors (Lipinski definition) is 5. The standard InChI is InChI=1S/C20H21N3O5S/c1-28-17-6-2-14(3-7-17)15-4-8-18(9-5-15)29(26,27)22-11-10-16(13-22)23-19(24)12-21-20(23)25/h2-9,16H,10-13H2,1H3,(H,21,25). The van der Waals surface area contributed by atoms with Crippen molar-refractivity contribution in [2.24, 2.45) is 0 Å². The Balaban J connectivity index is 1.50. The SMILES string of the molecule is COc1ccc(-c2ccc(S(=O)(=O)N3CCC(N4C(=O)CNC4=O)C3)cc2)cc1. The zero-order chi connectivity index (χ0) is 20.6. The van der Waals surface area contributed by atoms with Crippen molar-refractivity contribution in [3.63, 3.8) is 0 Å². The number of imide groups is 1. The molecule has 2 fully saturated rings. The van der Waals surface area contributed by atoms with Gasteiger partial charge < -0.3 is 10.1 Å². The first-order valence-corrected chi connectivity index (χ1v) is 10.7. The van der Waals surface area contributed by atoms with Gasteiger partial charge in [0.1, 0.15) is 5.75 Å². The molecule has 29 heavy (non-hydrogen) atoms. The molecule has 2 aromatic rings. The lowest BCUT2D eigenvalue weighted by atomic mass is 10.1. The van der Waals surface area contributed by atoms with Crippen LogP contribution in [0, 0.1) is 0 Å². The van der Waals surface area contributed by atoms with Gasteiger partial charge in [0.05, 0.1) is 24.6 Å². The summed E-state index contributed by atoms with van der Waals surface area (Å²) in [6.45, 7) is 0.348. The van der Waals surface area contributed by atoms with E-state index in [2.05, 4.69) is 5.32 Å². The number of hydrogen-bond donors (Lipinski definition) is 1. The molecule has 9 heteroatoms. The number of carbonyl (C=O) groups excluding carboxylic acids is 2. The third-order valence-electron chi connectivity index (χ3n) is 5.29. The Morgan fingerprint density at radius 2 is 1.62 bits per heavy atom. The topological polar surface area (TPSA) is 96.0 Å². The molecule has 3 amide bonds. The van der Waals surface area contributed by atoms with Crippen molar-refractivity contribution < 1.29 is 22.7 Å². The molecule has 1 unspecified atom stereocenters. The van der Waals surface area contributed by atoms with Crippen molar-refractivity contribution in [1.29, 1.82) is 0 Å². The molecule has 152 valence electrons. The summed E-state index contributed by atoms with van der Waals surface area (Å²) in [6.07, 6.45) is 0.433. The van der Waals surface area contributed by atoms with Crippen LogP contribution in [0.25, 0.3) is 11.1 Å². The maximum absolute atomic E-state index is 13.0. The van der Waals surface area contributed by atoms with Gasteiger partial charge >= 0.3 is 6.03 Å². The highest BCUT2D eigenvalue weighted by atomic mass is 32.2. The molecule has 1 atom stereocenters. The van der Waals surface area contributed by atoms with Crippen LogP contribution in [0.5, 0.6) is 5.75 Å². The van der Waals surface area contributed by atoms with Gasteiger partial charge in [-0.2, -0.15) is 4.31 Å². The molecule has 0 aliphatic carbocycles. The fourth-order valence-electron chi connectivity index (χ4n) is 3.70. The average molecular weight is 415 g/mol. The molecule has 2 aliphatic rings. The lowest BCUT2D eigenvalue weighted by Gasteiger charge is -2.21. The van der Waals surface area contributed by atoms with E-state index in [-0.39, 0.29) is 30.4 Å². The summed E-state index contributed by atoms with van der Waals surface area (Å²) in [5, 5.41) is 2.47. The molecule has 2 aliphatic heterocycles. The minimum atomic E-state index is -3.70. The number of sulfonamides is 1. The van der Waals surface area contributed by atoms with Crippen molar-refractivity contribution in [2.45, 2.75) is 17.4 Å². The third kappa shape index (κ3) is 3.58. The second-order valence-electron chi connectivity index (χ2n) is 6.98. The first kappa shape index (κ1) is 19.4. The van der Waals surface area contributed by atoms with Crippen LogP contribution in [-0.4, -0.2) is 62.3 Å². The van der Waals surface area contributed by atoms with E-state index in [1.165, 1.54) is 4.31 Å². The number of nitrogens with zero attached hydrogens (tertiary/aromatic N) is 2. The number of ether oxygens (including phenoxy) is 1. The minimum Gasteiger partial charge on any atom is -0.497 e. The zero-order valence-electron chi connectivity index (χ0n) is 15.9. The number of amides is 3. The van der Waals surface area contributed by atoms with E-state index < -0.39 is 22.1 Å². The smallest absolute Gasteiger partial charge is 0.324 e. The highest BCUT2D eigenvalue weighted by Crippen LogP contribution is 2.27. The Hall–Kier alpha value is -2.91. The Bertz CT molecular complexity index is 1020. The summed E-state index contributed by atoms with van der Waals surface area (Å²) in [5.74, 6) is 0.435. The summed E-state index contributed by atoms with van der Waals surface area (Å²) in [6, 6.07) is 13.3. The molecule has 2 saturated heterocycles. The van der Waals surface area contributed by atoms with Crippen molar-refractivity contribution in [3.8, 4) is 16.9 Å². The van der Waals surface area contributed by atoms with Crippen LogP contribution >= 0.6 is 0 Å². The fraction of sp³-hybridized carbons (Fsp3) is 0.300. The number of urea groups is 1. The maximum Gasteiger partial charge on any atom is 0.324 e. The lowest BCUT2D eigenvalue weighted by molar-refractivity contribution is -0.126. The molecule has 1 N–H and O–H groups in total. The molecule has 0 spiro atoms. The molecule has 2 heterocycles. The number of nitrogens with one attached hydrogen (secondary N) is 1. The van der Waals surface area contributed by atoms with Crippen LogP contribution < -0.4 is 10.1 Å². The van der Waals surface area contributed by atoms with Crippen LogP contribution in [0.4, 0.5) is 4.79 Å². The quantitative estimate of drug-likeness (QED) is 0.750. The minimum absolute atomic E-state index is 0.0328. The third-order valence-corrected chi connectivity index (χ3v) is 7.16. The van der Waals surface area contributed by atoms with Gasteiger partial charge in [0.25, 0.3) is 0 Å². The van der Waals surface area contributed by atoms with Crippen molar-refractivity contribution in [1.82, 2.24) is 14.5 Å². The van der Waals surface area contributed by atoms with E-state index >= 15 is 0 Å². The van der Waals surface area contributed by atoms with Gasteiger partial charge in [0.15, 0.2) is 0 Å². The van der Waals surface area contributed by atoms with Gasteiger partial charge in [0.2, 0.25) is 15.9 Å². The first-order chi connectivity index (χ1) is 13.9. The predicted molar refractivity (Wildman–Crippen MR) is 106 cm³/mol. The monoisotopic (exact) mass is 415 g/mol. The Morgan fingerprint density at radius 3 is 2.17 bits per heavy atom. The number of benzene rings is 2. The largest absolute Gasteiger partial charge is 0.497 e. The predicted octanol–water partition coefficient (Wildman–Crippen LogP) is 1.68. The highest BCUT2D eigenvalue weighted by Gasteiger charge is 2.41. The fourth-order valence-corrected chi connectivity index (χ4v) is 5.19. The van der Waals surface area contributed by atoms with Crippen molar-refractivity contribution in [2.75, 3.05) is 26.7 Å². The summed E-state index contributed by atoms with van der Waals surface area (Å²) in [4.78, 5) is 25.0. The Labute approximate surface area is 169 Å². The second-order valence-corrected chi connectivity index (χ2v) is 8.92. The van der Waals surface area contributed by atoms with E-state index in [9.17, 15) is 18.0 Å². The molecular formula is C20H21N3O5S. The van der Waals surface area contributed by atoms with Crippen LogP contribution in [0.3, 0.4) is 0 Å². The zero-order valence-corrected chi connectivity index (χ0v) is 16.7. The molecule has 0 saturated carbocycles. The number of carbonyl (C=O) groups is 2. The summed E-state index contributed by atoms with van der Waals surface area (Å²) in [7, 11) is -2.10. The van der Waals surface area contributed by atoms with Gasteiger partial charge in [-0.1, -0.05) is 24.3 Å². The van der Waals surface area contributed by atoms with Gasteiger partial charge in [0, 0.05) is 13.1 Å². The molecule has 0 bridgehead atoms. The van der Waals surface area contributed by atoms with Crippen LogP contribution in [0.15, 0.2) is 53.4 Å². The molecular weight excluding hydrogens is 394 g/mol. The van der Waals surface area contributed by atoms with E-state index in [1.807, 2.05) is 24.3 Å².